The minimum Gasteiger partial charge on any atom is -0.453 e. The van der Waals surface area contributed by atoms with Gasteiger partial charge in [-0.3, -0.25) is 24.1 Å². The van der Waals surface area contributed by atoms with E-state index in [1.165, 1.54) is 14.2 Å². The first-order chi connectivity index (χ1) is 27.2. The second-order valence-electron chi connectivity index (χ2n) is 17.6. The van der Waals surface area contributed by atoms with Crippen LogP contribution in [0, 0.1) is 10.8 Å². The number of amides is 6. The molecule has 2 fully saturated rings. The Balaban J connectivity index is 1.34. The van der Waals surface area contributed by atoms with E-state index < -0.39 is 47.2 Å². The number of anilines is 2. The normalized spacial score (nSPS) is 18.1. The van der Waals surface area contributed by atoms with Crippen molar-refractivity contribution in [3.63, 3.8) is 0 Å². The lowest BCUT2D eigenvalue weighted by molar-refractivity contribution is -0.140. The molecular weight excluding hydrogens is 743 g/mol. The van der Waals surface area contributed by atoms with Gasteiger partial charge < -0.3 is 40.5 Å². The van der Waals surface area contributed by atoms with E-state index in [9.17, 15) is 28.8 Å². The van der Waals surface area contributed by atoms with Gasteiger partial charge in [-0.1, -0.05) is 65.8 Å². The Morgan fingerprint density at radius 1 is 0.638 bits per heavy atom. The summed E-state index contributed by atoms with van der Waals surface area (Å²) in [6, 6.07) is 12.5. The molecule has 2 aliphatic rings. The standard InChI is InChI=1S/C43H63N7O8/c1-27(2)48(25-28-15-19-30(20-16-28)44-36(51)32-13-11-23-49(32)38(53)34(42(3,4)5)46-40(55)57-9)26-29-17-21-31(22-18-29)45-37(52)33-14-12-24-50(33)39(54)35(43(6,7)8)47-41(56)58-10/h15-22,27,32-35H,11-14,23-26H2,1-10H3,(H,44,51)(H,45,52)(H,46,55)(H,47,56). The van der Waals surface area contributed by atoms with Crippen molar-refractivity contribution in [1.82, 2.24) is 25.3 Å². The summed E-state index contributed by atoms with van der Waals surface area (Å²) >= 11 is 0. The average molecular weight is 806 g/mol. The predicted molar refractivity (Wildman–Crippen MR) is 222 cm³/mol. The molecule has 4 rings (SSSR count). The van der Waals surface area contributed by atoms with Crippen LogP contribution in [0.25, 0.3) is 0 Å². The number of hydrogen-bond donors (Lipinski definition) is 4. The zero-order chi connectivity index (χ0) is 42.9. The molecule has 6 amide bonds. The van der Waals surface area contributed by atoms with Gasteiger partial charge >= 0.3 is 12.2 Å². The summed E-state index contributed by atoms with van der Waals surface area (Å²) in [5, 5.41) is 11.2. The second kappa shape index (κ2) is 19.5. The maximum Gasteiger partial charge on any atom is 0.407 e. The van der Waals surface area contributed by atoms with Crippen molar-refractivity contribution in [3.8, 4) is 0 Å². The number of ether oxygens (including phenoxy) is 2. The Morgan fingerprint density at radius 2 is 0.983 bits per heavy atom. The number of rotatable bonds is 13. The lowest BCUT2D eigenvalue weighted by Crippen LogP contribution is -2.57. The first kappa shape index (κ1) is 45.5. The van der Waals surface area contributed by atoms with E-state index in [-0.39, 0.29) is 29.7 Å². The van der Waals surface area contributed by atoms with E-state index in [1.807, 2.05) is 90.1 Å². The van der Waals surface area contributed by atoms with E-state index in [4.69, 9.17) is 9.47 Å². The van der Waals surface area contributed by atoms with Gasteiger partial charge in [-0.15, -0.1) is 0 Å². The fourth-order valence-electron chi connectivity index (χ4n) is 7.32. The molecule has 2 aromatic carbocycles. The molecule has 2 aliphatic heterocycles. The van der Waals surface area contributed by atoms with E-state index in [0.717, 1.165) is 11.1 Å². The largest absolute Gasteiger partial charge is 0.453 e. The molecule has 4 unspecified atom stereocenters. The number of alkyl carbamates (subject to hydrolysis) is 2. The zero-order valence-corrected chi connectivity index (χ0v) is 35.8. The topological polar surface area (TPSA) is 179 Å². The van der Waals surface area contributed by atoms with Gasteiger partial charge in [0.15, 0.2) is 0 Å². The molecule has 2 saturated heterocycles. The van der Waals surface area contributed by atoms with Crippen LogP contribution in [-0.4, -0.2) is 108 Å². The molecule has 0 spiro atoms. The third-order valence-corrected chi connectivity index (χ3v) is 10.7. The van der Waals surface area contributed by atoms with Crippen LogP contribution in [0.5, 0.6) is 0 Å². The molecule has 0 bridgehead atoms. The summed E-state index contributed by atoms with van der Waals surface area (Å²) in [7, 11) is 2.50. The minimum absolute atomic E-state index is 0.215. The molecule has 15 nitrogen and oxygen atoms in total. The molecule has 0 saturated carbocycles. The molecule has 4 N–H and O–H groups in total. The Bertz CT molecular complexity index is 1640. The Kier molecular flexibility index (Phi) is 15.3. The van der Waals surface area contributed by atoms with E-state index in [0.29, 0.717) is 63.2 Å². The number of nitrogens with one attached hydrogen (secondary N) is 4. The quantitative estimate of drug-likeness (QED) is 0.204. The number of benzene rings is 2. The minimum atomic E-state index is -0.853. The fraction of sp³-hybridized carbons (Fsp3) is 0.581. The number of nitrogens with zero attached hydrogens (tertiary/aromatic N) is 3. The summed E-state index contributed by atoms with van der Waals surface area (Å²) in [4.78, 5) is 83.5. The molecule has 2 heterocycles. The maximum atomic E-state index is 13.6. The van der Waals surface area contributed by atoms with Crippen molar-refractivity contribution in [1.29, 1.82) is 0 Å². The number of carbonyl (C=O) groups excluding carboxylic acids is 6. The number of likely N-dealkylation sites (tertiary alicyclic amines) is 2. The van der Waals surface area contributed by atoms with Crippen molar-refractivity contribution in [3.05, 3.63) is 59.7 Å². The molecule has 0 radical (unpaired) electrons. The molecule has 58 heavy (non-hydrogen) atoms. The average Bonchev–Trinajstić information content (AvgIpc) is 3.87. The van der Waals surface area contributed by atoms with Gasteiger partial charge in [0.25, 0.3) is 0 Å². The first-order valence-electron chi connectivity index (χ1n) is 20.1. The highest BCUT2D eigenvalue weighted by molar-refractivity contribution is 5.99. The van der Waals surface area contributed by atoms with Crippen molar-refractivity contribution >= 4 is 47.2 Å². The summed E-state index contributed by atoms with van der Waals surface area (Å²) < 4.78 is 9.49. The van der Waals surface area contributed by atoms with Crippen LogP contribution in [0.4, 0.5) is 21.0 Å². The van der Waals surface area contributed by atoms with Gasteiger partial charge in [0.1, 0.15) is 24.2 Å². The van der Waals surface area contributed by atoms with Crippen molar-refractivity contribution < 1.29 is 38.2 Å². The highest BCUT2D eigenvalue weighted by Crippen LogP contribution is 2.29. The van der Waals surface area contributed by atoms with E-state index >= 15 is 0 Å². The Labute approximate surface area is 342 Å². The number of hydrogen-bond acceptors (Lipinski definition) is 9. The van der Waals surface area contributed by atoms with Crippen LogP contribution in [0.2, 0.25) is 0 Å². The Hall–Kier alpha value is -5.18. The first-order valence-corrected chi connectivity index (χ1v) is 20.1. The van der Waals surface area contributed by atoms with Gasteiger partial charge in [-0.2, -0.15) is 0 Å². The molecule has 4 atom stereocenters. The molecule has 318 valence electrons. The van der Waals surface area contributed by atoms with Gasteiger partial charge in [-0.05, 0) is 85.8 Å². The van der Waals surface area contributed by atoms with Gasteiger partial charge in [0.05, 0.1) is 14.2 Å². The second-order valence-corrected chi connectivity index (χ2v) is 17.6. The van der Waals surface area contributed by atoms with Gasteiger partial charge in [0, 0.05) is 43.6 Å². The summed E-state index contributed by atoms with van der Waals surface area (Å²) in [6.07, 6.45) is 1.01. The van der Waals surface area contributed by atoms with E-state index in [2.05, 4.69) is 40.0 Å². The van der Waals surface area contributed by atoms with Crippen molar-refractivity contribution in [2.75, 3.05) is 37.9 Å². The lowest BCUT2D eigenvalue weighted by atomic mass is 9.85. The van der Waals surface area contributed by atoms with Crippen molar-refractivity contribution in [2.45, 2.75) is 124 Å². The van der Waals surface area contributed by atoms with Crippen LogP contribution in [0.1, 0.15) is 92.2 Å². The molecular formula is C43H63N7O8. The molecule has 0 aliphatic carbocycles. The lowest BCUT2D eigenvalue weighted by Gasteiger charge is -2.35. The van der Waals surface area contributed by atoms with Crippen LogP contribution in [-0.2, 0) is 41.7 Å². The summed E-state index contributed by atoms with van der Waals surface area (Å²) in [5.74, 6) is -1.18. The SMILES string of the molecule is COC(=O)NC(C(=O)N1CCCC1C(=O)Nc1ccc(CN(Cc2ccc(NC(=O)C3CCCN3C(=O)C(NC(=O)OC)C(C)(C)C)cc2)C(C)C)cc1)C(C)(C)C. The predicted octanol–water partition coefficient (Wildman–Crippen LogP) is 5.50. The van der Waals surface area contributed by atoms with Crippen molar-refractivity contribution in [2.24, 2.45) is 10.8 Å². The monoisotopic (exact) mass is 805 g/mol. The van der Waals surface area contributed by atoms with Crippen LogP contribution < -0.4 is 21.3 Å². The smallest absolute Gasteiger partial charge is 0.407 e. The van der Waals surface area contributed by atoms with Crippen LogP contribution in [0.3, 0.4) is 0 Å². The molecule has 0 aromatic heterocycles. The van der Waals surface area contributed by atoms with Crippen LogP contribution in [0.15, 0.2) is 48.5 Å². The number of methoxy groups -OCH3 is 2. The van der Waals surface area contributed by atoms with E-state index in [1.54, 1.807) is 9.80 Å². The third-order valence-electron chi connectivity index (χ3n) is 10.7. The number of carbonyl (C=O) groups is 6. The third kappa shape index (κ3) is 11.9. The van der Waals surface area contributed by atoms with Gasteiger partial charge in [-0.25, -0.2) is 9.59 Å². The highest BCUT2D eigenvalue weighted by Gasteiger charge is 2.43. The summed E-state index contributed by atoms with van der Waals surface area (Å²) in [5.41, 5.74) is 2.17. The summed E-state index contributed by atoms with van der Waals surface area (Å²) in [6.45, 7) is 17.5. The zero-order valence-electron chi connectivity index (χ0n) is 35.8. The molecule has 15 heteroatoms. The van der Waals surface area contributed by atoms with Crippen LogP contribution >= 0.6 is 0 Å². The Morgan fingerprint density at radius 3 is 1.28 bits per heavy atom. The highest BCUT2D eigenvalue weighted by atomic mass is 16.5. The maximum absolute atomic E-state index is 13.6. The van der Waals surface area contributed by atoms with Gasteiger partial charge in [0.2, 0.25) is 23.6 Å². The fourth-order valence-corrected chi connectivity index (χ4v) is 7.32. The molecule has 2 aromatic rings.